The van der Waals surface area contributed by atoms with Crippen molar-refractivity contribution < 1.29 is 23.4 Å². The highest BCUT2D eigenvalue weighted by atomic mass is 19.2. The minimum absolute atomic E-state index is 0.0221. The fourth-order valence-electron chi connectivity index (χ4n) is 6.94. The number of aliphatic hydroxyl groups is 1. The van der Waals surface area contributed by atoms with Crippen LogP contribution in [0.25, 0.3) is 0 Å². The van der Waals surface area contributed by atoms with Crippen LogP contribution in [0.4, 0.5) is 13.6 Å². The molecule has 0 spiro atoms. The number of ether oxygens (including phenoxy) is 1. The third-order valence-electron chi connectivity index (χ3n) is 8.61. The van der Waals surface area contributed by atoms with Crippen LogP contribution < -0.4 is 11.1 Å². The van der Waals surface area contributed by atoms with Gasteiger partial charge >= 0.3 is 6.03 Å². The van der Waals surface area contributed by atoms with Crippen molar-refractivity contribution in [1.29, 1.82) is 0 Å². The average Bonchev–Trinajstić information content (AvgIpc) is 2.90. The molecule has 8 heteroatoms. The van der Waals surface area contributed by atoms with E-state index in [1.165, 1.54) is 31.4 Å². The maximum Gasteiger partial charge on any atom is 0.315 e. The zero-order chi connectivity index (χ0) is 26.8. The molecule has 2 amide bonds. The Labute approximate surface area is 221 Å². The Kier molecular flexibility index (Phi) is 11.6. The molecule has 1 heterocycles. The summed E-state index contributed by atoms with van der Waals surface area (Å²) in [6, 6.07) is 3.14. The summed E-state index contributed by atoms with van der Waals surface area (Å²) in [5.41, 5.74) is 4.25. The number of hydrogen-bond acceptors (Lipinski definition) is 4. The number of nitrogens with two attached hydrogens (primary N) is 1. The zero-order valence-corrected chi connectivity index (χ0v) is 22.7. The molecule has 1 aromatic rings. The molecule has 2 aliphatic rings. The molecular weight excluding hydrogens is 476 g/mol. The van der Waals surface area contributed by atoms with Crippen molar-refractivity contribution in [2.24, 2.45) is 23.5 Å². The predicted molar refractivity (Wildman–Crippen MR) is 142 cm³/mol. The summed E-state index contributed by atoms with van der Waals surface area (Å²) in [5.74, 6) is -1.87. The Morgan fingerprint density at radius 2 is 1.97 bits per heavy atom. The van der Waals surface area contributed by atoms with Crippen LogP contribution in [-0.2, 0) is 10.3 Å². The second-order valence-electron chi connectivity index (χ2n) is 11.0. The molecule has 0 aromatic heterocycles. The van der Waals surface area contributed by atoms with Gasteiger partial charge in [-0.2, -0.15) is 0 Å². The van der Waals surface area contributed by atoms with Gasteiger partial charge in [0.05, 0.1) is 5.60 Å². The molecule has 37 heavy (non-hydrogen) atoms. The van der Waals surface area contributed by atoms with E-state index >= 15 is 4.39 Å². The van der Waals surface area contributed by atoms with E-state index in [0.717, 1.165) is 25.3 Å². The highest BCUT2D eigenvalue weighted by Gasteiger charge is 2.50. The highest BCUT2D eigenvalue weighted by molar-refractivity contribution is 5.72. The minimum atomic E-state index is -1.64. The first-order valence-electron chi connectivity index (χ1n) is 14.3. The molecule has 1 aromatic carbocycles. The van der Waals surface area contributed by atoms with Crippen LogP contribution in [0.5, 0.6) is 0 Å². The number of likely N-dealkylation sites (tertiary alicyclic amines) is 1. The van der Waals surface area contributed by atoms with Crippen molar-refractivity contribution in [2.75, 3.05) is 33.4 Å². The number of piperidine rings is 1. The molecule has 2 fully saturated rings. The van der Waals surface area contributed by atoms with Crippen LogP contribution in [0.15, 0.2) is 18.2 Å². The molecular formula is C29H47F2N3O3. The van der Waals surface area contributed by atoms with Gasteiger partial charge in [0.25, 0.3) is 0 Å². The Hall–Kier alpha value is -1.77. The van der Waals surface area contributed by atoms with Crippen molar-refractivity contribution in [3.8, 4) is 0 Å². The first-order chi connectivity index (χ1) is 17.8. The van der Waals surface area contributed by atoms with Crippen LogP contribution in [0.3, 0.4) is 0 Å². The maximum absolute atomic E-state index is 15.3. The monoisotopic (exact) mass is 523 g/mol. The quantitative estimate of drug-likeness (QED) is 0.305. The van der Waals surface area contributed by atoms with Crippen LogP contribution in [-0.4, -0.2) is 55.4 Å². The van der Waals surface area contributed by atoms with Crippen LogP contribution in [0, 0.1) is 29.4 Å². The summed E-state index contributed by atoms with van der Waals surface area (Å²) in [5, 5.41) is 15.7. The number of amides is 2. The Balaban J connectivity index is 2.02. The lowest BCUT2D eigenvalue weighted by Gasteiger charge is -2.51. The summed E-state index contributed by atoms with van der Waals surface area (Å²) >= 11 is 0. The molecule has 3 rings (SSSR count). The predicted octanol–water partition coefficient (Wildman–Crippen LogP) is 5.32. The topological polar surface area (TPSA) is 87.8 Å². The summed E-state index contributed by atoms with van der Waals surface area (Å²) in [6.45, 7) is 4.25. The SMILES string of the molecule is CCOCCCC[C@@](O)(c1cccc(F)c1F)C1CCCN(C(N)=O)C1[C@H](CNC)CC1CCCCC1. The Bertz CT molecular complexity index is 852. The van der Waals surface area contributed by atoms with Gasteiger partial charge in [-0.1, -0.05) is 44.2 Å². The van der Waals surface area contributed by atoms with Crippen LogP contribution in [0.2, 0.25) is 0 Å². The second kappa shape index (κ2) is 14.4. The van der Waals surface area contributed by atoms with Gasteiger partial charge in [-0.05, 0) is 76.9 Å². The number of rotatable bonds is 13. The van der Waals surface area contributed by atoms with Crippen molar-refractivity contribution >= 4 is 6.03 Å². The van der Waals surface area contributed by atoms with Crippen molar-refractivity contribution in [2.45, 2.75) is 89.2 Å². The maximum atomic E-state index is 15.3. The van der Waals surface area contributed by atoms with E-state index in [1.807, 2.05) is 14.0 Å². The van der Waals surface area contributed by atoms with Crippen molar-refractivity contribution in [3.63, 3.8) is 0 Å². The number of carbonyl (C=O) groups excluding carboxylic acids is 1. The van der Waals surface area contributed by atoms with Gasteiger partial charge in [0.1, 0.15) is 0 Å². The summed E-state index contributed by atoms with van der Waals surface area (Å²) in [7, 11) is 1.90. The number of halogens is 2. The molecule has 1 aliphatic heterocycles. The number of carbonyl (C=O) groups is 1. The Morgan fingerprint density at radius 1 is 1.22 bits per heavy atom. The van der Waals surface area contributed by atoms with Crippen LogP contribution >= 0.6 is 0 Å². The molecule has 0 bridgehead atoms. The molecule has 1 saturated heterocycles. The number of unbranched alkanes of at least 4 members (excludes halogenated alkanes) is 1. The number of nitrogens with one attached hydrogen (secondary N) is 1. The molecule has 0 radical (unpaired) electrons. The molecule has 210 valence electrons. The minimum Gasteiger partial charge on any atom is -0.385 e. The van der Waals surface area contributed by atoms with Crippen molar-refractivity contribution in [1.82, 2.24) is 10.2 Å². The first-order valence-corrected chi connectivity index (χ1v) is 14.3. The lowest BCUT2D eigenvalue weighted by molar-refractivity contribution is -0.0957. The molecule has 4 N–H and O–H groups in total. The fourth-order valence-corrected chi connectivity index (χ4v) is 6.94. The Morgan fingerprint density at radius 3 is 2.65 bits per heavy atom. The van der Waals surface area contributed by atoms with Crippen molar-refractivity contribution in [3.05, 3.63) is 35.4 Å². The van der Waals surface area contributed by atoms with Gasteiger partial charge in [0, 0.05) is 37.3 Å². The van der Waals surface area contributed by atoms with Gasteiger partial charge in [0.15, 0.2) is 11.6 Å². The van der Waals surface area contributed by atoms with E-state index in [0.29, 0.717) is 57.9 Å². The number of hydrogen-bond donors (Lipinski definition) is 3. The molecule has 4 atom stereocenters. The van der Waals surface area contributed by atoms with Gasteiger partial charge in [0.2, 0.25) is 0 Å². The van der Waals surface area contributed by atoms with E-state index in [-0.39, 0.29) is 23.9 Å². The fraction of sp³-hybridized carbons (Fsp3) is 0.759. The van der Waals surface area contributed by atoms with Crippen LogP contribution in [0.1, 0.15) is 83.1 Å². The van der Waals surface area contributed by atoms with Gasteiger partial charge < -0.3 is 25.8 Å². The highest BCUT2D eigenvalue weighted by Crippen LogP contribution is 2.47. The number of nitrogens with zero attached hydrogens (tertiary/aromatic N) is 1. The molecule has 1 saturated carbocycles. The van der Waals surface area contributed by atoms with Gasteiger partial charge in [-0.3, -0.25) is 0 Å². The van der Waals surface area contributed by atoms with E-state index in [1.54, 1.807) is 4.90 Å². The number of primary amides is 1. The molecule has 6 nitrogen and oxygen atoms in total. The van der Waals surface area contributed by atoms with Gasteiger partial charge in [-0.25, -0.2) is 13.6 Å². The largest absolute Gasteiger partial charge is 0.385 e. The van der Waals surface area contributed by atoms with Gasteiger partial charge in [-0.15, -0.1) is 0 Å². The summed E-state index contributed by atoms with van der Waals surface area (Å²) in [6.07, 6.45) is 9.72. The smallest absolute Gasteiger partial charge is 0.315 e. The molecule has 2 unspecified atom stereocenters. The zero-order valence-electron chi connectivity index (χ0n) is 22.7. The van der Waals surface area contributed by atoms with E-state index in [4.69, 9.17) is 10.5 Å². The standard InChI is InChI=1S/C29H47F2N3O3/c1-3-37-18-8-7-16-29(36,23-13-9-15-25(30)26(23)31)24-14-10-17-34(28(32)35)27(24)22(20-33-2)19-21-11-5-4-6-12-21/h9,13,15,21-22,24,27,33,36H,3-8,10-12,14,16-20H2,1-2H3,(H2,32,35)/t22-,24?,27?,29+/m0/s1. The number of benzene rings is 1. The molecule has 1 aliphatic carbocycles. The third kappa shape index (κ3) is 7.42. The normalized spacial score (nSPS) is 23.5. The average molecular weight is 524 g/mol. The first kappa shape index (κ1) is 29.8. The second-order valence-corrected chi connectivity index (χ2v) is 11.0. The van der Waals surface area contributed by atoms with E-state index in [9.17, 15) is 14.3 Å². The lowest BCUT2D eigenvalue weighted by Crippen LogP contribution is -2.60. The summed E-state index contributed by atoms with van der Waals surface area (Å²) < 4.78 is 35.2. The summed E-state index contributed by atoms with van der Waals surface area (Å²) in [4.78, 5) is 14.4. The lowest BCUT2D eigenvalue weighted by atomic mass is 9.65. The third-order valence-corrected chi connectivity index (χ3v) is 8.61. The van der Waals surface area contributed by atoms with E-state index in [2.05, 4.69) is 5.32 Å². The number of urea groups is 1. The van der Waals surface area contributed by atoms with E-state index < -0.39 is 29.2 Å².